The summed E-state index contributed by atoms with van der Waals surface area (Å²) >= 11 is 0. The van der Waals surface area contributed by atoms with Crippen LogP contribution in [0, 0.1) is 11.7 Å². The van der Waals surface area contributed by atoms with Crippen LogP contribution in [0.25, 0.3) is 0 Å². The number of hydrogen-bond donors (Lipinski definition) is 1. The average Bonchev–Trinajstić information content (AvgIpc) is 2.34. The van der Waals surface area contributed by atoms with Gasteiger partial charge in [0.1, 0.15) is 11.9 Å². The summed E-state index contributed by atoms with van der Waals surface area (Å²) in [7, 11) is 0. The molecule has 1 saturated carbocycles. The molecule has 0 aromatic carbocycles. The molecule has 1 fully saturated rings. The summed E-state index contributed by atoms with van der Waals surface area (Å²) < 4.78 is 18.8. The van der Waals surface area contributed by atoms with Crippen LogP contribution in [0.1, 0.15) is 38.2 Å². The highest BCUT2D eigenvalue weighted by Gasteiger charge is 2.24. The van der Waals surface area contributed by atoms with Crippen molar-refractivity contribution in [2.75, 3.05) is 0 Å². The molecule has 0 amide bonds. The van der Waals surface area contributed by atoms with Crippen LogP contribution in [0.3, 0.4) is 0 Å². The Morgan fingerprint density at radius 2 is 2.24 bits per heavy atom. The minimum absolute atomic E-state index is 0.131. The zero-order chi connectivity index (χ0) is 12.3. The van der Waals surface area contributed by atoms with Crippen molar-refractivity contribution in [3.8, 4) is 5.88 Å². The minimum atomic E-state index is -0.446. The quantitative estimate of drug-likeness (QED) is 0.881. The molecule has 1 aromatic heterocycles. The highest BCUT2D eigenvalue weighted by molar-refractivity contribution is 5.25. The van der Waals surface area contributed by atoms with E-state index in [9.17, 15) is 4.39 Å². The predicted octanol–water partition coefficient (Wildman–Crippen LogP) is 2.67. The third-order valence-corrected chi connectivity index (χ3v) is 3.36. The Bertz CT molecular complexity index is 384. The number of aliphatic hydroxyl groups is 1. The van der Waals surface area contributed by atoms with Gasteiger partial charge >= 0.3 is 0 Å². The van der Waals surface area contributed by atoms with Crippen LogP contribution in [0.5, 0.6) is 5.88 Å². The van der Waals surface area contributed by atoms with E-state index in [0.717, 1.165) is 25.5 Å². The van der Waals surface area contributed by atoms with Gasteiger partial charge in [0.2, 0.25) is 5.88 Å². The van der Waals surface area contributed by atoms with Gasteiger partial charge in [0.05, 0.1) is 12.8 Å². The van der Waals surface area contributed by atoms with E-state index in [4.69, 9.17) is 9.84 Å². The Morgan fingerprint density at radius 1 is 1.47 bits per heavy atom. The minimum Gasteiger partial charge on any atom is -0.474 e. The smallest absolute Gasteiger partial charge is 0.219 e. The molecule has 0 saturated heterocycles. The van der Waals surface area contributed by atoms with Crippen molar-refractivity contribution < 1.29 is 14.2 Å². The SMILES string of the molecule is CC1CCCCC1Oc1ncc(F)cc1CO. The van der Waals surface area contributed by atoms with Gasteiger partial charge in [-0.25, -0.2) is 9.37 Å². The van der Waals surface area contributed by atoms with Crippen molar-refractivity contribution in [1.29, 1.82) is 0 Å². The summed E-state index contributed by atoms with van der Waals surface area (Å²) in [6.07, 6.45) is 5.81. The molecule has 4 heteroatoms. The fourth-order valence-corrected chi connectivity index (χ4v) is 2.29. The molecule has 1 heterocycles. The third kappa shape index (κ3) is 2.94. The second-order valence-corrected chi connectivity index (χ2v) is 4.69. The molecule has 0 aliphatic heterocycles. The second kappa shape index (κ2) is 5.45. The maximum Gasteiger partial charge on any atom is 0.219 e. The molecule has 2 atom stereocenters. The number of aliphatic hydroxyl groups excluding tert-OH is 1. The molecule has 2 unspecified atom stereocenters. The van der Waals surface area contributed by atoms with Gasteiger partial charge in [-0.15, -0.1) is 0 Å². The molecule has 3 nitrogen and oxygen atoms in total. The van der Waals surface area contributed by atoms with E-state index in [2.05, 4.69) is 11.9 Å². The summed E-state index contributed by atoms with van der Waals surface area (Å²) in [6.45, 7) is 1.91. The maximum absolute atomic E-state index is 13.0. The number of hydrogen-bond acceptors (Lipinski definition) is 3. The van der Waals surface area contributed by atoms with Crippen molar-refractivity contribution in [1.82, 2.24) is 4.98 Å². The zero-order valence-electron chi connectivity index (χ0n) is 10.0. The van der Waals surface area contributed by atoms with Crippen LogP contribution >= 0.6 is 0 Å². The van der Waals surface area contributed by atoms with Crippen LogP contribution in [-0.4, -0.2) is 16.2 Å². The number of ether oxygens (including phenoxy) is 1. The van der Waals surface area contributed by atoms with Gasteiger partial charge in [0.15, 0.2) is 0 Å². The maximum atomic E-state index is 13.0. The van der Waals surface area contributed by atoms with Crippen LogP contribution in [0.4, 0.5) is 4.39 Å². The van der Waals surface area contributed by atoms with Crippen molar-refractivity contribution in [3.63, 3.8) is 0 Å². The summed E-state index contributed by atoms with van der Waals surface area (Å²) in [6, 6.07) is 1.27. The molecule has 0 spiro atoms. The molecule has 17 heavy (non-hydrogen) atoms. The Labute approximate surface area is 101 Å². The molecule has 1 aliphatic rings. The second-order valence-electron chi connectivity index (χ2n) is 4.69. The van der Waals surface area contributed by atoms with E-state index in [0.29, 0.717) is 17.4 Å². The van der Waals surface area contributed by atoms with E-state index >= 15 is 0 Å². The Kier molecular flexibility index (Phi) is 3.94. The van der Waals surface area contributed by atoms with Crippen LogP contribution in [0.15, 0.2) is 12.3 Å². The van der Waals surface area contributed by atoms with Gasteiger partial charge in [-0.2, -0.15) is 0 Å². The molecule has 1 N–H and O–H groups in total. The number of aromatic nitrogens is 1. The summed E-state index contributed by atoms with van der Waals surface area (Å²) in [5.41, 5.74) is 0.419. The monoisotopic (exact) mass is 239 g/mol. The van der Waals surface area contributed by atoms with Crippen molar-refractivity contribution >= 4 is 0 Å². The van der Waals surface area contributed by atoms with Crippen molar-refractivity contribution in [2.24, 2.45) is 5.92 Å². The summed E-state index contributed by atoms with van der Waals surface area (Å²) in [5, 5.41) is 9.15. The molecular weight excluding hydrogens is 221 g/mol. The summed E-state index contributed by atoms with van der Waals surface area (Å²) in [4.78, 5) is 3.92. The first-order valence-electron chi connectivity index (χ1n) is 6.12. The standard InChI is InChI=1S/C13H18FNO2/c1-9-4-2-3-5-12(9)17-13-10(8-16)6-11(14)7-15-13/h6-7,9,12,16H,2-5,8H2,1H3. The predicted molar refractivity (Wildman–Crippen MR) is 62.2 cm³/mol. The topological polar surface area (TPSA) is 42.4 Å². The normalized spacial score (nSPS) is 24.6. The third-order valence-electron chi connectivity index (χ3n) is 3.36. The lowest BCUT2D eigenvalue weighted by Gasteiger charge is -2.29. The Morgan fingerprint density at radius 3 is 2.94 bits per heavy atom. The van der Waals surface area contributed by atoms with Gasteiger partial charge in [0.25, 0.3) is 0 Å². The van der Waals surface area contributed by atoms with Gasteiger partial charge in [-0.3, -0.25) is 0 Å². The summed E-state index contributed by atoms with van der Waals surface area (Å²) in [5.74, 6) is 0.410. The van der Waals surface area contributed by atoms with E-state index in [-0.39, 0.29) is 12.7 Å². The van der Waals surface area contributed by atoms with Gasteiger partial charge in [-0.05, 0) is 31.2 Å². The van der Waals surface area contributed by atoms with E-state index in [1.54, 1.807) is 0 Å². The van der Waals surface area contributed by atoms with E-state index < -0.39 is 5.82 Å². The largest absolute Gasteiger partial charge is 0.474 e. The lowest BCUT2D eigenvalue weighted by atomic mass is 9.88. The van der Waals surface area contributed by atoms with Crippen molar-refractivity contribution in [2.45, 2.75) is 45.3 Å². The first-order valence-corrected chi connectivity index (χ1v) is 6.12. The number of halogens is 1. The van der Waals surface area contributed by atoms with Gasteiger partial charge < -0.3 is 9.84 Å². The molecule has 0 radical (unpaired) electrons. The van der Waals surface area contributed by atoms with Crippen LogP contribution < -0.4 is 4.74 Å². The molecule has 2 rings (SSSR count). The van der Waals surface area contributed by atoms with Gasteiger partial charge in [-0.1, -0.05) is 13.3 Å². The molecular formula is C13H18FNO2. The van der Waals surface area contributed by atoms with E-state index in [1.165, 1.54) is 12.5 Å². The molecule has 94 valence electrons. The zero-order valence-corrected chi connectivity index (χ0v) is 10.0. The van der Waals surface area contributed by atoms with Crippen LogP contribution in [-0.2, 0) is 6.61 Å². The highest BCUT2D eigenvalue weighted by Crippen LogP contribution is 2.28. The lowest BCUT2D eigenvalue weighted by molar-refractivity contribution is 0.0942. The fourth-order valence-electron chi connectivity index (χ4n) is 2.29. The first-order chi connectivity index (χ1) is 8.20. The lowest BCUT2D eigenvalue weighted by Crippen LogP contribution is -2.29. The number of pyridine rings is 1. The molecule has 1 aliphatic carbocycles. The molecule has 0 bridgehead atoms. The Balaban J connectivity index is 2.11. The average molecular weight is 239 g/mol. The van der Waals surface area contributed by atoms with E-state index in [1.807, 2.05) is 0 Å². The Hall–Kier alpha value is -1.16. The first kappa shape index (κ1) is 12.3. The highest BCUT2D eigenvalue weighted by atomic mass is 19.1. The fraction of sp³-hybridized carbons (Fsp3) is 0.615. The van der Waals surface area contributed by atoms with Gasteiger partial charge in [0, 0.05) is 5.56 Å². The van der Waals surface area contributed by atoms with Crippen LogP contribution in [0.2, 0.25) is 0 Å². The number of nitrogens with zero attached hydrogens (tertiary/aromatic N) is 1. The molecule has 1 aromatic rings. The van der Waals surface area contributed by atoms with Crippen molar-refractivity contribution in [3.05, 3.63) is 23.6 Å². The number of rotatable bonds is 3.